The van der Waals surface area contributed by atoms with Gasteiger partial charge in [0, 0.05) is 17.4 Å². The minimum absolute atomic E-state index is 0.0312. The molecule has 0 amide bonds. The number of carbonyl (C=O) groups is 2. The number of hydrogen-bond acceptors (Lipinski definition) is 4. The van der Waals surface area contributed by atoms with Crippen LogP contribution in [0.5, 0.6) is 5.75 Å². The van der Waals surface area contributed by atoms with Crippen LogP contribution in [-0.2, 0) is 16.0 Å². The maximum absolute atomic E-state index is 11.5. The van der Waals surface area contributed by atoms with Crippen molar-refractivity contribution in [2.45, 2.75) is 32.1 Å². The Labute approximate surface area is 111 Å². The molecule has 0 radical (unpaired) electrons. The van der Waals surface area contributed by atoms with Crippen LogP contribution < -0.4 is 4.74 Å². The number of benzene rings is 1. The number of rotatable bonds is 4. The van der Waals surface area contributed by atoms with E-state index in [-0.39, 0.29) is 5.12 Å². The van der Waals surface area contributed by atoms with E-state index < -0.39 is 5.97 Å². The zero-order chi connectivity index (χ0) is 13.7. The van der Waals surface area contributed by atoms with Crippen molar-refractivity contribution in [2.75, 3.05) is 0 Å². The minimum atomic E-state index is -0.434. The van der Waals surface area contributed by atoms with Crippen molar-refractivity contribution in [3.63, 3.8) is 0 Å². The number of carbonyl (C=O) groups excluding carboxylic acids is 2. The van der Waals surface area contributed by atoms with Crippen LogP contribution in [0.3, 0.4) is 0 Å². The Morgan fingerprint density at radius 2 is 2.00 bits per heavy atom. The molecule has 1 rings (SSSR count). The van der Waals surface area contributed by atoms with Crippen molar-refractivity contribution >= 4 is 22.8 Å². The average molecular weight is 264 g/mol. The molecule has 0 heterocycles. The van der Waals surface area contributed by atoms with E-state index in [1.807, 2.05) is 13.0 Å². The molecule has 0 saturated carbocycles. The van der Waals surface area contributed by atoms with Gasteiger partial charge in [-0.2, -0.15) is 0 Å². The van der Waals surface area contributed by atoms with Gasteiger partial charge in [-0.25, -0.2) is 4.79 Å². The Morgan fingerprint density at radius 3 is 2.50 bits per heavy atom. The van der Waals surface area contributed by atoms with E-state index in [0.29, 0.717) is 11.3 Å². The first-order valence-corrected chi connectivity index (χ1v) is 6.44. The molecule has 0 aliphatic carbocycles. The van der Waals surface area contributed by atoms with E-state index in [1.54, 1.807) is 19.1 Å². The Hall–Kier alpha value is -1.55. The Balaban J connectivity index is 2.96. The van der Waals surface area contributed by atoms with Crippen LogP contribution >= 0.6 is 11.8 Å². The summed E-state index contributed by atoms with van der Waals surface area (Å²) in [6, 6.07) is 5.35. The maximum Gasteiger partial charge on any atom is 0.338 e. The van der Waals surface area contributed by atoms with Crippen LogP contribution in [-0.4, -0.2) is 11.1 Å². The number of aryl methyl sites for hydroxylation is 1. The van der Waals surface area contributed by atoms with Crippen molar-refractivity contribution in [1.82, 2.24) is 0 Å². The number of thioether (sulfide) groups is 1. The summed E-state index contributed by atoms with van der Waals surface area (Å²) in [5.74, 6) is 0.0927. The molecule has 0 bridgehead atoms. The van der Waals surface area contributed by atoms with Crippen LogP contribution in [0.2, 0.25) is 0 Å². The third-order valence-electron chi connectivity index (χ3n) is 2.23. The standard InChI is InChI=1S/C14H16O3S/c1-5-11-8-12(18-10(4)15)6-7-13(11)17-14(16)9(2)3/h6-8H,2,5H2,1,3-4H3. The first-order valence-electron chi connectivity index (χ1n) is 5.63. The Kier molecular flexibility index (Phi) is 5.16. The van der Waals surface area contributed by atoms with E-state index in [2.05, 4.69) is 6.58 Å². The van der Waals surface area contributed by atoms with E-state index in [0.717, 1.165) is 28.6 Å². The van der Waals surface area contributed by atoms with Crippen molar-refractivity contribution in [1.29, 1.82) is 0 Å². The summed E-state index contributed by atoms with van der Waals surface area (Å²) in [6.45, 7) is 8.63. The summed E-state index contributed by atoms with van der Waals surface area (Å²) in [4.78, 5) is 23.3. The van der Waals surface area contributed by atoms with Crippen molar-refractivity contribution in [3.8, 4) is 5.75 Å². The number of ether oxygens (including phenoxy) is 1. The van der Waals surface area contributed by atoms with Gasteiger partial charge in [-0.3, -0.25) is 4.79 Å². The van der Waals surface area contributed by atoms with Gasteiger partial charge in [-0.1, -0.05) is 25.3 Å². The smallest absolute Gasteiger partial charge is 0.338 e. The molecule has 0 aliphatic rings. The first-order chi connectivity index (χ1) is 8.43. The lowest BCUT2D eigenvalue weighted by atomic mass is 10.1. The average Bonchev–Trinajstić information content (AvgIpc) is 2.30. The monoisotopic (exact) mass is 264 g/mol. The van der Waals surface area contributed by atoms with Crippen LogP contribution in [0.25, 0.3) is 0 Å². The van der Waals surface area contributed by atoms with Crippen LogP contribution in [0.15, 0.2) is 35.2 Å². The van der Waals surface area contributed by atoms with Gasteiger partial charge in [0.15, 0.2) is 5.12 Å². The summed E-state index contributed by atoms with van der Waals surface area (Å²) < 4.78 is 5.23. The molecular weight excluding hydrogens is 248 g/mol. The third kappa shape index (κ3) is 4.04. The molecule has 0 aromatic heterocycles. The van der Waals surface area contributed by atoms with E-state index >= 15 is 0 Å². The highest BCUT2D eigenvalue weighted by Gasteiger charge is 2.10. The van der Waals surface area contributed by atoms with Crippen molar-refractivity contribution in [3.05, 3.63) is 35.9 Å². The van der Waals surface area contributed by atoms with E-state index in [9.17, 15) is 9.59 Å². The molecule has 1 aromatic carbocycles. The fourth-order valence-electron chi connectivity index (χ4n) is 1.35. The predicted molar refractivity (Wildman–Crippen MR) is 72.8 cm³/mol. The molecule has 3 nitrogen and oxygen atoms in total. The van der Waals surface area contributed by atoms with Crippen LogP contribution in [0.4, 0.5) is 0 Å². The Bertz CT molecular complexity index is 492. The fraction of sp³-hybridized carbons (Fsp3) is 0.286. The summed E-state index contributed by atoms with van der Waals surface area (Å²) in [6.07, 6.45) is 0.727. The highest BCUT2D eigenvalue weighted by atomic mass is 32.2. The largest absolute Gasteiger partial charge is 0.423 e. The van der Waals surface area contributed by atoms with Gasteiger partial charge in [0.25, 0.3) is 0 Å². The minimum Gasteiger partial charge on any atom is -0.423 e. The molecule has 0 aliphatic heterocycles. The maximum atomic E-state index is 11.5. The highest BCUT2D eigenvalue weighted by Crippen LogP contribution is 2.27. The molecule has 0 fully saturated rings. The van der Waals surface area contributed by atoms with Gasteiger partial charge < -0.3 is 4.74 Å². The number of esters is 1. The van der Waals surface area contributed by atoms with Gasteiger partial charge in [0.05, 0.1) is 0 Å². The van der Waals surface area contributed by atoms with Gasteiger partial charge in [-0.05, 0) is 37.1 Å². The van der Waals surface area contributed by atoms with Gasteiger partial charge >= 0.3 is 5.97 Å². The van der Waals surface area contributed by atoms with Crippen molar-refractivity contribution in [2.24, 2.45) is 0 Å². The normalized spacial score (nSPS) is 9.94. The second-order valence-corrected chi connectivity index (χ2v) is 5.14. The zero-order valence-corrected chi connectivity index (χ0v) is 11.6. The molecule has 0 unspecified atom stereocenters. The molecule has 1 aromatic rings. The Morgan fingerprint density at radius 1 is 1.33 bits per heavy atom. The molecule has 0 spiro atoms. The van der Waals surface area contributed by atoms with Crippen molar-refractivity contribution < 1.29 is 14.3 Å². The molecule has 0 N–H and O–H groups in total. The highest BCUT2D eigenvalue weighted by molar-refractivity contribution is 8.13. The van der Waals surface area contributed by atoms with Gasteiger partial charge in [0.2, 0.25) is 0 Å². The lowest BCUT2D eigenvalue weighted by molar-refractivity contribution is -0.130. The molecule has 0 saturated heterocycles. The zero-order valence-electron chi connectivity index (χ0n) is 10.8. The first kappa shape index (κ1) is 14.5. The molecule has 18 heavy (non-hydrogen) atoms. The number of hydrogen-bond donors (Lipinski definition) is 0. The summed E-state index contributed by atoms with van der Waals surface area (Å²) in [5, 5.41) is 0.0312. The fourth-order valence-corrected chi connectivity index (χ4v) is 2.02. The lowest BCUT2D eigenvalue weighted by Crippen LogP contribution is -2.09. The lowest BCUT2D eigenvalue weighted by Gasteiger charge is -2.10. The predicted octanol–water partition coefficient (Wildman–Crippen LogP) is 3.37. The summed E-state index contributed by atoms with van der Waals surface area (Å²) in [7, 11) is 0. The molecule has 0 atom stereocenters. The van der Waals surface area contributed by atoms with Gasteiger partial charge in [0.1, 0.15) is 5.75 Å². The molecular formula is C14H16O3S. The summed E-state index contributed by atoms with van der Waals surface area (Å²) >= 11 is 1.16. The topological polar surface area (TPSA) is 43.4 Å². The second-order valence-electron chi connectivity index (χ2n) is 3.89. The second kappa shape index (κ2) is 6.40. The SMILES string of the molecule is C=C(C)C(=O)Oc1ccc(SC(C)=O)cc1CC. The van der Waals surface area contributed by atoms with Crippen LogP contribution in [0.1, 0.15) is 26.3 Å². The third-order valence-corrected chi connectivity index (χ3v) is 3.00. The van der Waals surface area contributed by atoms with E-state index in [1.165, 1.54) is 6.92 Å². The molecule has 4 heteroatoms. The summed E-state index contributed by atoms with van der Waals surface area (Å²) in [5.41, 5.74) is 1.26. The molecule has 96 valence electrons. The van der Waals surface area contributed by atoms with E-state index in [4.69, 9.17) is 4.74 Å². The van der Waals surface area contributed by atoms with Gasteiger partial charge in [-0.15, -0.1) is 0 Å². The quantitative estimate of drug-likeness (QED) is 0.362. The van der Waals surface area contributed by atoms with Crippen LogP contribution in [0, 0.1) is 0 Å².